The minimum atomic E-state index is -1.02. The molecule has 1 rings (SSSR count). The van der Waals surface area contributed by atoms with Crippen molar-refractivity contribution < 1.29 is 25.2 Å². The molecule has 1 amide bonds. The second kappa shape index (κ2) is 12.3. The van der Waals surface area contributed by atoms with E-state index in [1.807, 2.05) is 11.0 Å². The molecule has 7 nitrogen and oxygen atoms in total. The van der Waals surface area contributed by atoms with Gasteiger partial charge < -0.3 is 25.3 Å². The molecular formula is C16H23I3N2O5. The average molecular weight is 704 g/mol. The van der Waals surface area contributed by atoms with Gasteiger partial charge in [-0.15, -0.1) is 0 Å². The molecular weight excluding hydrogens is 681 g/mol. The lowest BCUT2D eigenvalue weighted by molar-refractivity contribution is -0.117. The van der Waals surface area contributed by atoms with Crippen molar-refractivity contribution in [3.63, 3.8) is 0 Å². The molecule has 0 radical (unpaired) electrons. The van der Waals surface area contributed by atoms with Crippen LogP contribution in [0.1, 0.15) is 12.5 Å². The van der Waals surface area contributed by atoms with Crippen LogP contribution in [0.5, 0.6) is 0 Å². The second-order valence-electron chi connectivity index (χ2n) is 5.67. The van der Waals surface area contributed by atoms with Gasteiger partial charge in [-0.1, -0.05) is 0 Å². The van der Waals surface area contributed by atoms with Crippen LogP contribution in [-0.2, 0) is 11.3 Å². The minimum absolute atomic E-state index is 0.00730. The molecule has 0 heterocycles. The third kappa shape index (κ3) is 6.93. The Labute approximate surface area is 194 Å². The van der Waals surface area contributed by atoms with Crippen LogP contribution in [0.15, 0.2) is 6.07 Å². The molecule has 0 aliphatic heterocycles. The van der Waals surface area contributed by atoms with E-state index in [9.17, 15) is 20.1 Å². The van der Waals surface area contributed by atoms with Crippen LogP contribution < -0.4 is 4.90 Å². The number of anilines is 1. The summed E-state index contributed by atoms with van der Waals surface area (Å²) in [6.45, 7) is 2.40. The summed E-state index contributed by atoms with van der Waals surface area (Å²) in [5, 5.41) is 37.4. The minimum Gasteiger partial charge on any atom is -0.395 e. The summed E-state index contributed by atoms with van der Waals surface area (Å²) < 4.78 is 2.77. The molecule has 0 bridgehead atoms. The van der Waals surface area contributed by atoms with E-state index in [0.717, 1.165) is 16.3 Å². The van der Waals surface area contributed by atoms with Gasteiger partial charge in [-0.2, -0.15) is 0 Å². The summed E-state index contributed by atoms with van der Waals surface area (Å²) in [4.78, 5) is 15.6. The van der Waals surface area contributed by atoms with Crippen molar-refractivity contribution in [3.8, 4) is 0 Å². The number of carbonyl (C=O) groups excluding carboxylic acids is 1. The molecule has 10 heteroatoms. The van der Waals surface area contributed by atoms with Gasteiger partial charge in [-0.05, 0) is 79.4 Å². The highest BCUT2D eigenvalue weighted by Gasteiger charge is 2.24. The first-order valence-corrected chi connectivity index (χ1v) is 11.2. The Morgan fingerprint density at radius 3 is 2.15 bits per heavy atom. The molecule has 148 valence electrons. The van der Waals surface area contributed by atoms with Gasteiger partial charge >= 0.3 is 0 Å². The molecule has 1 aromatic rings. The van der Waals surface area contributed by atoms with Gasteiger partial charge in [0, 0.05) is 37.3 Å². The monoisotopic (exact) mass is 704 g/mol. The Bertz CT molecular complexity index is 612. The summed E-state index contributed by atoms with van der Waals surface area (Å²) in [5.74, 6) is -0.219. The van der Waals surface area contributed by atoms with Crippen molar-refractivity contribution in [2.24, 2.45) is 0 Å². The van der Waals surface area contributed by atoms with E-state index >= 15 is 0 Å². The smallest absolute Gasteiger partial charge is 0.224 e. The van der Waals surface area contributed by atoms with E-state index in [-0.39, 0.29) is 25.7 Å². The molecule has 0 saturated carbocycles. The largest absolute Gasteiger partial charge is 0.395 e. The van der Waals surface area contributed by atoms with Gasteiger partial charge in [-0.3, -0.25) is 9.69 Å². The number of rotatable bonds is 10. The second-order valence-corrected chi connectivity index (χ2v) is 9.07. The third-order valence-corrected chi connectivity index (χ3v) is 6.66. The first kappa shape index (κ1) is 24.7. The molecule has 1 atom stereocenters. The summed E-state index contributed by atoms with van der Waals surface area (Å²) in [6.07, 6.45) is -1.02. The van der Waals surface area contributed by atoms with Crippen LogP contribution in [-0.4, -0.2) is 76.8 Å². The summed E-state index contributed by atoms with van der Waals surface area (Å²) in [6, 6.07) is 1.96. The molecule has 0 aliphatic rings. The SMILES string of the molecule is CC(=O)N(CC(O)CO)c1c(I)cc(I)c(CN(CCO)CCO)c1I. The van der Waals surface area contributed by atoms with Gasteiger partial charge in [0.25, 0.3) is 0 Å². The van der Waals surface area contributed by atoms with Crippen molar-refractivity contribution in [1.29, 1.82) is 0 Å². The number of aliphatic hydroxyl groups is 4. The Morgan fingerprint density at radius 1 is 1.12 bits per heavy atom. The normalized spacial score (nSPS) is 12.5. The van der Waals surface area contributed by atoms with Gasteiger partial charge in [0.1, 0.15) is 0 Å². The van der Waals surface area contributed by atoms with Crippen LogP contribution in [0, 0.1) is 10.7 Å². The molecule has 0 aromatic heterocycles. The maximum atomic E-state index is 12.2. The number of hydrogen-bond donors (Lipinski definition) is 4. The van der Waals surface area contributed by atoms with Crippen LogP contribution in [0.3, 0.4) is 0 Å². The lowest BCUT2D eigenvalue weighted by Gasteiger charge is -2.29. The average Bonchev–Trinajstić information content (AvgIpc) is 2.57. The van der Waals surface area contributed by atoms with Crippen molar-refractivity contribution in [2.45, 2.75) is 19.6 Å². The predicted molar refractivity (Wildman–Crippen MR) is 125 cm³/mol. The lowest BCUT2D eigenvalue weighted by Crippen LogP contribution is -2.39. The van der Waals surface area contributed by atoms with E-state index in [1.54, 1.807) is 0 Å². The summed E-state index contributed by atoms with van der Waals surface area (Å²) in [7, 11) is 0. The number of carbonyl (C=O) groups is 1. The maximum Gasteiger partial charge on any atom is 0.224 e. The summed E-state index contributed by atoms with van der Waals surface area (Å²) in [5.41, 5.74) is 1.70. The zero-order chi connectivity index (χ0) is 19.9. The van der Waals surface area contributed by atoms with Crippen molar-refractivity contribution in [3.05, 3.63) is 22.3 Å². The fourth-order valence-electron chi connectivity index (χ4n) is 2.43. The standard InChI is InChI=1S/C16H23I3N2O5/c1-10(25)21(7-11(26)9-24)16-14(18)6-13(17)12(15(16)19)8-20(2-4-22)3-5-23/h6,11,22-24,26H,2-5,7-9H2,1H3. The number of aliphatic hydroxyl groups excluding tert-OH is 4. The Kier molecular flexibility index (Phi) is 11.7. The third-order valence-electron chi connectivity index (χ3n) is 3.71. The van der Waals surface area contributed by atoms with E-state index in [2.05, 4.69) is 67.8 Å². The van der Waals surface area contributed by atoms with Crippen molar-refractivity contribution >= 4 is 79.4 Å². The Morgan fingerprint density at radius 2 is 1.69 bits per heavy atom. The molecule has 1 aromatic carbocycles. The quantitative estimate of drug-likeness (QED) is 0.272. The predicted octanol–water partition coefficient (Wildman–Crippen LogP) is 0.993. The number of hydrogen-bond acceptors (Lipinski definition) is 6. The zero-order valence-corrected chi connectivity index (χ0v) is 20.8. The summed E-state index contributed by atoms with van der Waals surface area (Å²) >= 11 is 6.59. The molecule has 0 fully saturated rings. The van der Waals surface area contributed by atoms with Gasteiger partial charge in [-0.25, -0.2) is 0 Å². The fourth-order valence-corrected chi connectivity index (χ4v) is 6.73. The Hall–Kier alpha value is 0.680. The van der Waals surface area contributed by atoms with Crippen LogP contribution in [0.2, 0.25) is 0 Å². The number of amides is 1. The highest BCUT2D eigenvalue weighted by molar-refractivity contribution is 14.1. The van der Waals surface area contributed by atoms with Crippen LogP contribution in [0.25, 0.3) is 0 Å². The number of benzene rings is 1. The molecule has 1 unspecified atom stereocenters. The van der Waals surface area contributed by atoms with E-state index < -0.39 is 12.7 Å². The fraction of sp³-hybridized carbons (Fsp3) is 0.562. The number of halogens is 3. The topological polar surface area (TPSA) is 104 Å². The van der Waals surface area contributed by atoms with E-state index in [1.165, 1.54) is 11.8 Å². The van der Waals surface area contributed by atoms with Crippen LogP contribution in [0.4, 0.5) is 5.69 Å². The molecule has 0 aliphatic carbocycles. The zero-order valence-electron chi connectivity index (χ0n) is 14.3. The maximum absolute atomic E-state index is 12.2. The first-order valence-electron chi connectivity index (χ1n) is 7.94. The number of nitrogens with zero attached hydrogens (tertiary/aromatic N) is 2. The van der Waals surface area contributed by atoms with Gasteiger partial charge in [0.2, 0.25) is 5.91 Å². The highest BCUT2D eigenvalue weighted by Crippen LogP contribution is 2.35. The van der Waals surface area contributed by atoms with Crippen molar-refractivity contribution in [2.75, 3.05) is 44.4 Å². The lowest BCUT2D eigenvalue weighted by atomic mass is 10.1. The molecule has 0 spiro atoms. The molecule has 26 heavy (non-hydrogen) atoms. The van der Waals surface area contributed by atoms with Gasteiger partial charge in [0.15, 0.2) is 0 Å². The molecule has 0 saturated heterocycles. The van der Waals surface area contributed by atoms with E-state index in [0.29, 0.717) is 25.3 Å². The Balaban J connectivity index is 3.34. The molecule has 4 N–H and O–H groups in total. The van der Waals surface area contributed by atoms with Crippen molar-refractivity contribution in [1.82, 2.24) is 4.90 Å². The first-order chi connectivity index (χ1) is 12.3. The van der Waals surface area contributed by atoms with E-state index in [4.69, 9.17) is 5.11 Å². The highest BCUT2D eigenvalue weighted by atomic mass is 127. The van der Waals surface area contributed by atoms with Gasteiger partial charge in [0.05, 0.1) is 38.2 Å². The van der Waals surface area contributed by atoms with Crippen LogP contribution >= 0.6 is 67.8 Å².